The standard InChI is InChI=1S/C20H19N3O4S/c1-26-11-6-10(7-12(8-11)27-2)22-19(25)18-17(21)14-9-13-15(23-20(14)28-18)4-3-5-16(13)24/h6-9H,3-5,21H2,1-2H3,(H,22,25). The molecule has 0 fully saturated rings. The van der Waals surface area contributed by atoms with Crippen LogP contribution in [0.2, 0.25) is 0 Å². The minimum absolute atomic E-state index is 0.0794. The number of Topliss-reactive ketones (excluding diaryl/α,β-unsaturated/α-hetero) is 1. The van der Waals surface area contributed by atoms with E-state index in [-0.39, 0.29) is 11.7 Å². The van der Waals surface area contributed by atoms with Gasteiger partial charge in [-0.05, 0) is 18.9 Å². The predicted octanol–water partition coefficient (Wildman–Crippen LogP) is 3.67. The summed E-state index contributed by atoms with van der Waals surface area (Å²) in [5.74, 6) is 0.856. The Morgan fingerprint density at radius 2 is 1.86 bits per heavy atom. The monoisotopic (exact) mass is 397 g/mol. The molecule has 0 saturated heterocycles. The van der Waals surface area contributed by atoms with E-state index in [1.165, 1.54) is 11.3 Å². The molecule has 0 spiro atoms. The number of fused-ring (bicyclic) bond motifs is 2. The van der Waals surface area contributed by atoms with E-state index in [0.29, 0.717) is 50.0 Å². The summed E-state index contributed by atoms with van der Waals surface area (Å²) in [6.07, 6.45) is 2.09. The third-order valence-corrected chi connectivity index (χ3v) is 5.85. The van der Waals surface area contributed by atoms with Crippen molar-refractivity contribution in [2.45, 2.75) is 19.3 Å². The van der Waals surface area contributed by atoms with Gasteiger partial charge in [0.1, 0.15) is 21.2 Å². The number of thiophene rings is 1. The molecule has 0 atom stereocenters. The number of carbonyl (C=O) groups is 2. The average molecular weight is 397 g/mol. The second kappa shape index (κ2) is 7.12. The van der Waals surface area contributed by atoms with E-state index in [0.717, 1.165) is 18.5 Å². The minimum Gasteiger partial charge on any atom is -0.497 e. The number of pyridine rings is 1. The first-order valence-electron chi connectivity index (χ1n) is 8.79. The van der Waals surface area contributed by atoms with Crippen molar-refractivity contribution in [1.82, 2.24) is 4.98 Å². The fraction of sp³-hybridized carbons (Fsp3) is 0.250. The number of rotatable bonds is 4. The third-order valence-electron chi connectivity index (χ3n) is 4.73. The van der Waals surface area contributed by atoms with Gasteiger partial charge in [-0.25, -0.2) is 4.98 Å². The molecule has 0 unspecified atom stereocenters. The molecule has 0 radical (unpaired) electrons. The summed E-state index contributed by atoms with van der Waals surface area (Å²) in [7, 11) is 3.08. The zero-order valence-corrected chi connectivity index (χ0v) is 16.3. The quantitative estimate of drug-likeness (QED) is 0.696. The van der Waals surface area contributed by atoms with Gasteiger partial charge in [0.25, 0.3) is 5.91 Å². The Labute approximate surface area is 165 Å². The fourth-order valence-electron chi connectivity index (χ4n) is 3.30. The lowest BCUT2D eigenvalue weighted by Gasteiger charge is -2.13. The first kappa shape index (κ1) is 18.2. The fourth-order valence-corrected chi connectivity index (χ4v) is 4.29. The van der Waals surface area contributed by atoms with Gasteiger partial charge in [0.2, 0.25) is 0 Å². The number of aromatic nitrogens is 1. The van der Waals surface area contributed by atoms with Gasteiger partial charge in [-0.1, -0.05) is 0 Å². The number of ketones is 1. The average Bonchev–Trinajstić information content (AvgIpc) is 3.02. The maximum Gasteiger partial charge on any atom is 0.267 e. The molecular formula is C20H19N3O4S. The van der Waals surface area contributed by atoms with Gasteiger partial charge >= 0.3 is 0 Å². The molecule has 1 aliphatic carbocycles. The first-order chi connectivity index (χ1) is 13.5. The minimum atomic E-state index is -0.347. The van der Waals surface area contributed by atoms with E-state index < -0.39 is 0 Å². The number of methoxy groups -OCH3 is 2. The topological polar surface area (TPSA) is 104 Å². The van der Waals surface area contributed by atoms with Crippen LogP contribution in [0.3, 0.4) is 0 Å². The van der Waals surface area contributed by atoms with Crippen LogP contribution in [-0.4, -0.2) is 30.9 Å². The number of amides is 1. The second-order valence-corrected chi connectivity index (χ2v) is 7.51. The molecule has 0 bridgehead atoms. The smallest absolute Gasteiger partial charge is 0.267 e. The van der Waals surface area contributed by atoms with Gasteiger partial charge in [-0.3, -0.25) is 9.59 Å². The Hall–Kier alpha value is -3.13. The zero-order chi connectivity index (χ0) is 19.8. The van der Waals surface area contributed by atoms with Crippen molar-refractivity contribution in [1.29, 1.82) is 0 Å². The van der Waals surface area contributed by atoms with E-state index in [2.05, 4.69) is 10.3 Å². The van der Waals surface area contributed by atoms with Crippen LogP contribution in [0.5, 0.6) is 11.5 Å². The van der Waals surface area contributed by atoms with Crippen molar-refractivity contribution < 1.29 is 19.1 Å². The maximum atomic E-state index is 12.8. The highest BCUT2D eigenvalue weighted by Gasteiger charge is 2.23. The Balaban J connectivity index is 1.70. The summed E-state index contributed by atoms with van der Waals surface area (Å²) in [5.41, 5.74) is 8.50. The number of carbonyl (C=O) groups excluding carboxylic acids is 2. The van der Waals surface area contributed by atoms with Crippen molar-refractivity contribution in [3.8, 4) is 11.5 Å². The SMILES string of the molecule is COc1cc(NC(=O)c2sc3nc4c(cc3c2N)C(=O)CCC4)cc(OC)c1. The largest absolute Gasteiger partial charge is 0.497 e. The lowest BCUT2D eigenvalue weighted by atomic mass is 9.94. The number of nitrogens with one attached hydrogen (secondary N) is 1. The summed E-state index contributed by atoms with van der Waals surface area (Å²) in [6, 6.07) is 6.88. The normalized spacial score (nSPS) is 13.3. The van der Waals surface area contributed by atoms with Crippen molar-refractivity contribution in [3.63, 3.8) is 0 Å². The van der Waals surface area contributed by atoms with Crippen molar-refractivity contribution in [2.75, 3.05) is 25.3 Å². The van der Waals surface area contributed by atoms with Gasteiger partial charge in [-0.2, -0.15) is 0 Å². The van der Waals surface area contributed by atoms with Crippen LogP contribution in [0.4, 0.5) is 11.4 Å². The summed E-state index contributed by atoms with van der Waals surface area (Å²) >= 11 is 1.22. The number of nitrogens with zero attached hydrogens (tertiary/aromatic N) is 1. The molecule has 4 rings (SSSR count). The van der Waals surface area contributed by atoms with Crippen LogP contribution in [0.15, 0.2) is 24.3 Å². The summed E-state index contributed by atoms with van der Waals surface area (Å²) in [5, 5.41) is 3.47. The number of nitrogens with two attached hydrogens (primary N) is 1. The molecule has 7 nitrogen and oxygen atoms in total. The van der Waals surface area contributed by atoms with Crippen LogP contribution in [-0.2, 0) is 6.42 Å². The Kier molecular flexibility index (Phi) is 4.64. The van der Waals surface area contributed by atoms with Gasteiger partial charge in [-0.15, -0.1) is 11.3 Å². The van der Waals surface area contributed by atoms with Crippen molar-refractivity contribution in [2.24, 2.45) is 0 Å². The summed E-state index contributed by atoms with van der Waals surface area (Å²) in [6.45, 7) is 0. The van der Waals surface area contributed by atoms with Crippen LogP contribution >= 0.6 is 11.3 Å². The molecule has 1 amide bonds. The lowest BCUT2D eigenvalue weighted by Crippen LogP contribution is -2.12. The molecule has 0 saturated carbocycles. The van der Waals surface area contributed by atoms with Crippen LogP contribution in [0.25, 0.3) is 10.2 Å². The third kappa shape index (κ3) is 3.16. The molecule has 1 aliphatic rings. The van der Waals surface area contributed by atoms with E-state index in [1.54, 1.807) is 38.5 Å². The van der Waals surface area contributed by atoms with Crippen molar-refractivity contribution >= 4 is 44.6 Å². The summed E-state index contributed by atoms with van der Waals surface area (Å²) in [4.78, 5) is 30.6. The first-order valence-corrected chi connectivity index (χ1v) is 9.61. The molecule has 3 N–H and O–H groups in total. The van der Waals surface area contributed by atoms with Crippen molar-refractivity contribution in [3.05, 3.63) is 40.4 Å². The molecule has 28 heavy (non-hydrogen) atoms. The number of nitrogen functional groups attached to an aromatic ring is 1. The molecule has 1 aromatic carbocycles. The van der Waals surface area contributed by atoms with E-state index in [4.69, 9.17) is 15.2 Å². The zero-order valence-electron chi connectivity index (χ0n) is 15.5. The van der Waals surface area contributed by atoms with Gasteiger partial charge in [0.05, 0.1) is 25.6 Å². The highest BCUT2D eigenvalue weighted by atomic mass is 32.1. The Morgan fingerprint density at radius 1 is 1.14 bits per heavy atom. The maximum absolute atomic E-state index is 12.8. The predicted molar refractivity (Wildman–Crippen MR) is 109 cm³/mol. The number of hydrogen-bond acceptors (Lipinski definition) is 7. The molecule has 2 heterocycles. The van der Waals surface area contributed by atoms with Gasteiger partial charge in [0, 0.05) is 41.3 Å². The van der Waals surface area contributed by atoms with Crippen LogP contribution in [0, 0.1) is 0 Å². The highest BCUT2D eigenvalue weighted by Crippen LogP contribution is 2.36. The number of anilines is 2. The van der Waals surface area contributed by atoms with E-state index in [1.807, 2.05) is 0 Å². The van der Waals surface area contributed by atoms with E-state index in [9.17, 15) is 9.59 Å². The number of benzene rings is 1. The Morgan fingerprint density at radius 3 is 2.54 bits per heavy atom. The molecular weight excluding hydrogens is 378 g/mol. The summed E-state index contributed by atoms with van der Waals surface area (Å²) < 4.78 is 10.5. The number of aryl methyl sites for hydroxylation is 1. The van der Waals surface area contributed by atoms with Crippen LogP contribution < -0.4 is 20.5 Å². The molecule has 2 aromatic heterocycles. The molecule has 144 valence electrons. The van der Waals surface area contributed by atoms with Crippen LogP contribution in [0.1, 0.15) is 38.6 Å². The molecule has 3 aromatic rings. The Bertz CT molecular complexity index is 1080. The van der Waals surface area contributed by atoms with Gasteiger partial charge in [0.15, 0.2) is 5.78 Å². The van der Waals surface area contributed by atoms with Gasteiger partial charge < -0.3 is 20.5 Å². The molecule has 8 heteroatoms. The number of hydrogen-bond donors (Lipinski definition) is 2. The second-order valence-electron chi connectivity index (χ2n) is 6.51. The number of ether oxygens (including phenoxy) is 2. The highest BCUT2D eigenvalue weighted by molar-refractivity contribution is 7.21. The lowest BCUT2D eigenvalue weighted by molar-refractivity contribution is 0.0970. The molecule has 0 aliphatic heterocycles. The van der Waals surface area contributed by atoms with E-state index >= 15 is 0 Å².